The Hall–Kier alpha value is -3.21. The summed E-state index contributed by atoms with van der Waals surface area (Å²) in [5.74, 6) is 0. The smallest absolute Gasteiger partial charge is 0.1000 e. The van der Waals surface area contributed by atoms with Crippen LogP contribution in [-0.2, 0) is 16.9 Å². The van der Waals surface area contributed by atoms with Gasteiger partial charge in [0.15, 0.2) is 0 Å². The summed E-state index contributed by atoms with van der Waals surface area (Å²) in [4.78, 5) is 10.6. The van der Waals surface area contributed by atoms with E-state index >= 15 is 0 Å². The van der Waals surface area contributed by atoms with Gasteiger partial charge in [0.05, 0.1) is 18.0 Å². The minimum atomic E-state index is -0.281. The topological polar surface area (TPSA) is 30.3 Å². The molecule has 150 valence electrons. The summed E-state index contributed by atoms with van der Waals surface area (Å²) in [6.07, 6.45) is 10.9. The van der Waals surface area contributed by atoms with Crippen molar-refractivity contribution in [1.82, 2.24) is 14.6 Å². The number of likely N-dealkylation sites (N-methyl/N-ethyl adjacent to an activating group) is 1. The van der Waals surface area contributed by atoms with Gasteiger partial charge in [-0.2, -0.15) is 5.06 Å². The highest BCUT2D eigenvalue weighted by Gasteiger charge is 2.46. The number of hydrogen-bond acceptors (Lipinski definition) is 3. The minimum Gasteiger partial charge on any atom is -0.335 e. The van der Waals surface area contributed by atoms with Crippen LogP contribution in [0.15, 0.2) is 97.6 Å². The van der Waals surface area contributed by atoms with E-state index in [1.165, 1.54) is 21.9 Å². The van der Waals surface area contributed by atoms with Crippen molar-refractivity contribution in [3.05, 3.63) is 109 Å². The largest absolute Gasteiger partial charge is 0.335 e. The van der Waals surface area contributed by atoms with Gasteiger partial charge in [-0.3, -0.25) is 4.84 Å². The third-order valence-corrected chi connectivity index (χ3v) is 6.03. The van der Waals surface area contributed by atoms with Crippen LogP contribution >= 0.6 is 0 Å². The minimum absolute atomic E-state index is 0.00481. The molecule has 1 saturated heterocycles. The van der Waals surface area contributed by atoms with E-state index in [0.717, 1.165) is 13.0 Å². The molecule has 30 heavy (non-hydrogen) atoms. The number of aromatic nitrogens is 2. The van der Waals surface area contributed by atoms with Gasteiger partial charge in [-0.1, -0.05) is 78.9 Å². The van der Waals surface area contributed by atoms with Gasteiger partial charge in [0.2, 0.25) is 0 Å². The Bertz CT molecular complexity index is 1150. The Labute approximate surface area is 177 Å². The number of benzene rings is 3. The summed E-state index contributed by atoms with van der Waals surface area (Å²) >= 11 is 0. The number of imidazole rings is 1. The monoisotopic (exact) mass is 395 g/mol. The molecule has 1 fully saturated rings. The normalized spacial score (nSPS) is 22.2. The fourth-order valence-corrected chi connectivity index (χ4v) is 4.40. The predicted molar refractivity (Wildman–Crippen MR) is 121 cm³/mol. The first-order valence-electron chi connectivity index (χ1n) is 10.3. The van der Waals surface area contributed by atoms with Gasteiger partial charge < -0.3 is 4.57 Å². The van der Waals surface area contributed by atoms with Gasteiger partial charge in [0.25, 0.3) is 0 Å². The van der Waals surface area contributed by atoms with Crippen molar-refractivity contribution in [3.8, 4) is 0 Å². The molecule has 0 aliphatic carbocycles. The van der Waals surface area contributed by atoms with Crippen molar-refractivity contribution >= 4 is 16.8 Å². The van der Waals surface area contributed by atoms with Crippen molar-refractivity contribution in [3.63, 3.8) is 0 Å². The van der Waals surface area contributed by atoms with Crippen LogP contribution < -0.4 is 0 Å². The van der Waals surface area contributed by atoms with E-state index in [9.17, 15) is 0 Å². The average Bonchev–Trinajstić information content (AvgIpc) is 3.41. The second-order valence-electron chi connectivity index (χ2n) is 7.94. The molecule has 4 heteroatoms. The second-order valence-corrected chi connectivity index (χ2v) is 7.94. The summed E-state index contributed by atoms with van der Waals surface area (Å²) in [7, 11) is 2.04. The van der Waals surface area contributed by atoms with E-state index in [1.54, 1.807) is 0 Å². The Morgan fingerprint density at radius 1 is 1.03 bits per heavy atom. The first kappa shape index (κ1) is 18.8. The molecule has 0 bridgehead atoms. The van der Waals surface area contributed by atoms with E-state index in [4.69, 9.17) is 4.84 Å². The van der Waals surface area contributed by atoms with E-state index in [-0.39, 0.29) is 11.6 Å². The van der Waals surface area contributed by atoms with E-state index in [0.29, 0.717) is 0 Å². The second kappa shape index (κ2) is 7.90. The predicted octanol–water partition coefficient (Wildman–Crippen LogP) is 5.28. The summed E-state index contributed by atoms with van der Waals surface area (Å²) in [5, 5.41) is 4.54. The highest BCUT2D eigenvalue weighted by Crippen LogP contribution is 2.42. The lowest BCUT2D eigenvalue weighted by atomic mass is 9.84. The number of fused-ring (bicyclic) bond motifs is 1. The van der Waals surface area contributed by atoms with Gasteiger partial charge in [-0.15, -0.1) is 0 Å². The average molecular weight is 396 g/mol. The molecule has 4 aromatic rings. The lowest BCUT2D eigenvalue weighted by Crippen LogP contribution is -2.41. The maximum Gasteiger partial charge on any atom is 0.1000 e. The van der Waals surface area contributed by atoms with Crippen molar-refractivity contribution in [2.45, 2.75) is 24.6 Å². The van der Waals surface area contributed by atoms with Crippen LogP contribution in [0, 0.1) is 0 Å². The lowest BCUT2D eigenvalue weighted by molar-refractivity contribution is -0.165. The molecule has 1 aliphatic heterocycles. The van der Waals surface area contributed by atoms with Crippen LogP contribution in [0.1, 0.15) is 17.5 Å². The lowest BCUT2D eigenvalue weighted by Gasteiger charge is -2.35. The molecular formula is C26H25N3O. The molecule has 0 spiro atoms. The van der Waals surface area contributed by atoms with E-state index in [1.807, 2.05) is 36.9 Å². The number of nitrogens with zero attached hydrogens (tertiary/aromatic N) is 3. The van der Waals surface area contributed by atoms with Crippen molar-refractivity contribution in [1.29, 1.82) is 0 Å². The molecule has 1 aromatic heterocycles. The van der Waals surface area contributed by atoms with Crippen molar-refractivity contribution in [2.75, 3.05) is 7.05 Å². The Morgan fingerprint density at radius 3 is 2.63 bits per heavy atom. The summed E-state index contributed by atoms with van der Waals surface area (Å²) in [5.41, 5.74) is 2.16. The molecule has 2 heterocycles. The molecule has 0 radical (unpaired) electrons. The SMILES string of the molecule is CN1OC(C=Cc2ccccc2)CC1(Cn1ccnc1)c1ccc2ccccc2c1. The summed E-state index contributed by atoms with van der Waals surface area (Å²) in [6, 6.07) is 25.6. The molecule has 2 atom stereocenters. The van der Waals surface area contributed by atoms with Crippen molar-refractivity contribution in [2.24, 2.45) is 0 Å². The first-order valence-corrected chi connectivity index (χ1v) is 10.3. The van der Waals surface area contributed by atoms with Gasteiger partial charge in [0, 0.05) is 32.4 Å². The van der Waals surface area contributed by atoms with Crippen LogP contribution in [0.4, 0.5) is 0 Å². The molecule has 1 aliphatic rings. The number of rotatable bonds is 5. The maximum atomic E-state index is 6.33. The zero-order chi connectivity index (χ0) is 20.4. The fourth-order valence-electron chi connectivity index (χ4n) is 4.40. The first-order chi connectivity index (χ1) is 14.7. The van der Waals surface area contributed by atoms with Crippen LogP contribution in [0.3, 0.4) is 0 Å². The standard InChI is InChI=1S/C26H25N3O/c1-28-26(19-29-16-15-27-20-29,24-13-12-22-9-5-6-10-23(22)17-24)18-25(30-28)14-11-21-7-3-2-4-8-21/h2-17,20,25H,18-19H2,1H3. The molecule has 0 saturated carbocycles. The molecule has 0 amide bonds. The van der Waals surface area contributed by atoms with Gasteiger partial charge >= 0.3 is 0 Å². The molecule has 2 unspecified atom stereocenters. The Balaban J connectivity index is 1.52. The van der Waals surface area contributed by atoms with E-state index in [2.05, 4.69) is 88.4 Å². The Kier molecular flexibility index (Phi) is 4.95. The van der Waals surface area contributed by atoms with Gasteiger partial charge in [-0.25, -0.2) is 4.98 Å². The molecular weight excluding hydrogens is 370 g/mol. The van der Waals surface area contributed by atoms with Crippen LogP contribution in [0.5, 0.6) is 0 Å². The molecule has 5 rings (SSSR count). The third-order valence-electron chi connectivity index (χ3n) is 6.03. The Morgan fingerprint density at radius 2 is 1.83 bits per heavy atom. The van der Waals surface area contributed by atoms with Crippen molar-refractivity contribution < 1.29 is 4.84 Å². The third kappa shape index (κ3) is 3.56. The zero-order valence-corrected chi connectivity index (χ0v) is 17.1. The maximum absolute atomic E-state index is 6.33. The summed E-state index contributed by atoms with van der Waals surface area (Å²) < 4.78 is 2.14. The van der Waals surface area contributed by atoms with E-state index < -0.39 is 0 Å². The summed E-state index contributed by atoms with van der Waals surface area (Å²) in [6.45, 7) is 0.775. The highest BCUT2D eigenvalue weighted by atomic mass is 16.7. The fraction of sp³-hybridized carbons (Fsp3) is 0.192. The van der Waals surface area contributed by atoms with Crippen LogP contribution in [0.25, 0.3) is 16.8 Å². The zero-order valence-electron chi connectivity index (χ0n) is 17.1. The molecule has 3 aromatic carbocycles. The van der Waals surface area contributed by atoms with Gasteiger partial charge in [0.1, 0.15) is 0 Å². The van der Waals surface area contributed by atoms with Gasteiger partial charge in [-0.05, 0) is 28.0 Å². The highest BCUT2D eigenvalue weighted by molar-refractivity contribution is 5.83. The molecule has 0 N–H and O–H groups in total. The quantitative estimate of drug-likeness (QED) is 0.460. The number of hydrogen-bond donors (Lipinski definition) is 0. The van der Waals surface area contributed by atoms with Crippen LogP contribution in [0.2, 0.25) is 0 Å². The molecule has 4 nitrogen and oxygen atoms in total. The van der Waals surface area contributed by atoms with Crippen LogP contribution in [-0.4, -0.2) is 27.8 Å². The number of hydroxylamine groups is 2.